The average molecular weight is 230 g/mol. The molecule has 4 nitrogen and oxygen atoms in total. The first-order valence-corrected chi connectivity index (χ1v) is 5.71. The summed E-state index contributed by atoms with van der Waals surface area (Å²) in [5, 5.41) is 25.4. The summed E-state index contributed by atoms with van der Waals surface area (Å²) in [6.07, 6.45) is 6.95. The standard InChI is InChI=1S/C8H16O2.C4H6O2/c9-5-7-1-2-8(6-10)4-3-7;1-2-3-4(5)6/h7-10H,1-6H2;2-3H,1H3,(H,5,6). The molecule has 0 radical (unpaired) electrons. The van der Waals surface area contributed by atoms with Crippen molar-refractivity contribution in [2.75, 3.05) is 13.2 Å². The molecule has 0 atom stereocenters. The van der Waals surface area contributed by atoms with Crippen molar-refractivity contribution in [2.24, 2.45) is 11.8 Å². The van der Waals surface area contributed by atoms with E-state index in [1.165, 1.54) is 6.08 Å². The highest BCUT2D eigenvalue weighted by atomic mass is 16.4. The van der Waals surface area contributed by atoms with Crippen LogP contribution in [0.1, 0.15) is 32.6 Å². The van der Waals surface area contributed by atoms with E-state index in [9.17, 15) is 4.79 Å². The monoisotopic (exact) mass is 230 g/mol. The van der Waals surface area contributed by atoms with Crippen LogP contribution in [0.15, 0.2) is 12.2 Å². The highest BCUT2D eigenvalue weighted by molar-refractivity contribution is 5.79. The Kier molecular flexibility index (Phi) is 8.85. The molecule has 94 valence electrons. The number of carbonyl (C=O) groups is 1. The lowest BCUT2D eigenvalue weighted by Crippen LogP contribution is -2.19. The van der Waals surface area contributed by atoms with Crippen LogP contribution >= 0.6 is 0 Å². The van der Waals surface area contributed by atoms with Gasteiger partial charge in [-0.2, -0.15) is 0 Å². The molecule has 0 aliphatic heterocycles. The summed E-state index contributed by atoms with van der Waals surface area (Å²) in [6, 6.07) is 0. The van der Waals surface area contributed by atoms with Crippen LogP contribution < -0.4 is 0 Å². The maximum atomic E-state index is 9.51. The Balaban J connectivity index is 0.000000325. The Morgan fingerprint density at radius 3 is 1.62 bits per heavy atom. The van der Waals surface area contributed by atoms with Crippen molar-refractivity contribution >= 4 is 5.97 Å². The Morgan fingerprint density at radius 2 is 1.50 bits per heavy atom. The number of hydrogen-bond acceptors (Lipinski definition) is 3. The van der Waals surface area contributed by atoms with E-state index in [2.05, 4.69) is 0 Å². The van der Waals surface area contributed by atoms with Crippen LogP contribution in [-0.4, -0.2) is 34.5 Å². The molecule has 0 bridgehead atoms. The number of allylic oxidation sites excluding steroid dienone is 1. The van der Waals surface area contributed by atoms with Gasteiger partial charge in [0.15, 0.2) is 0 Å². The minimum atomic E-state index is -0.891. The molecule has 0 aromatic carbocycles. The van der Waals surface area contributed by atoms with Crippen LogP contribution in [0, 0.1) is 11.8 Å². The normalized spacial score (nSPS) is 24.9. The molecule has 1 rings (SSSR count). The fourth-order valence-corrected chi connectivity index (χ4v) is 1.74. The van der Waals surface area contributed by atoms with Gasteiger partial charge in [0, 0.05) is 19.3 Å². The lowest BCUT2D eigenvalue weighted by atomic mass is 9.83. The van der Waals surface area contributed by atoms with Crippen molar-refractivity contribution in [3.05, 3.63) is 12.2 Å². The van der Waals surface area contributed by atoms with E-state index in [1.807, 2.05) is 0 Å². The van der Waals surface area contributed by atoms with Crippen molar-refractivity contribution in [3.8, 4) is 0 Å². The second kappa shape index (κ2) is 9.36. The second-order valence-corrected chi connectivity index (χ2v) is 4.09. The Labute approximate surface area is 96.6 Å². The highest BCUT2D eigenvalue weighted by Crippen LogP contribution is 2.27. The largest absolute Gasteiger partial charge is 0.478 e. The van der Waals surface area contributed by atoms with E-state index in [4.69, 9.17) is 15.3 Å². The van der Waals surface area contributed by atoms with Crippen molar-refractivity contribution in [3.63, 3.8) is 0 Å². The zero-order valence-corrected chi connectivity index (χ0v) is 9.80. The predicted molar refractivity (Wildman–Crippen MR) is 62.1 cm³/mol. The first-order chi connectivity index (χ1) is 7.63. The molecule has 0 saturated heterocycles. The summed E-state index contributed by atoms with van der Waals surface area (Å²) in [7, 11) is 0. The SMILES string of the molecule is CC=CC(=O)O.OCC1CCC(CO)CC1. The summed E-state index contributed by atoms with van der Waals surface area (Å²) >= 11 is 0. The fourth-order valence-electron chi connectivity index (χ4n) is 1.74. The van der Waals surface area contributed by atoms with Crippen LogP contribution in [-0.2, 0) is 4.79 Å². The van der Waals surface area contributed by atoms with Gasteiger partial charge in [-0.15, -0.1) is 0 Å². The van der Waals surface area contributed by atoms with Crippen LogP contribution in [0.3, 0.4) is 0 Å². The molecule has 0 spiro atoms. The number of carboxylic acids is 1. The fraction of sp³-hybridized carbons (Fsp3) is 0.750. The third-order valence-electron chi connectivity index (χ3n) is 2.79. The molecule has 0 unspecified atom stereocenters. The highest BCUT2D eigenvalue weighted by Gasteiger charge is 2.19. The lowest BCUT2D eigenvalue weighted by Gasteiger charge is -2.25. The summed E-state index contributed by atoms with van der Waals surface area (Å²) in [5.74, 6) is 0.142. The number of aliphatic carboxylic acids is 1. The van der Waals surface area contributed by atoms with Crippen LogP contribution in [0.25, 0.3) is 0 Å². The maximum absolute atomic E-state index is 9.51. The minimum Gasteiger partial charge on any atom is -0.478 e. The van der Waals surface area contributed by atoms with Gasteiger partial charge in [0.05, 0.1) is 0 Å². The van der Waals surface area contributed by atoms with E-state index in [0.29, 0.717) is 25.0 Å². The molecule has 3 N–H and O–H groups in total. The van der Waals surface area contributed by atoms with Gasteiger partial charge >= 0.3 is 5.97 Å². The number of carboxylic acid groups (broad SMARTS) is 1. The van der Waals surface area contributed by atoms with Gasteiger partial charge in [0.25, 0.3) is 0 Å². The van der Waals surface area contributed by atoms with Crippen LogP contribution in [0.4, 0.5) is 0 Å². The van der Waals surface area contributed by atoms with E-state index in [-0.39, 0.29) is 0 Å². The number of rotatable bonds is 3. The quantitative estimate of drug-likeness (QED) is 0.641. The van der Waals surface area contributed by atoms with Crippen LogP contribution in [0.5, 0.6) is 0 Å². The molecule has 1 fully saturated rings. The molecular formula is C12H22O4. The van der Waals surface area contributed by atoms with Gasteiger partial charge < -0.3 is 15.3 Å². The smallest absolute Gasteiger partial charge is 0.327 e. The van der Waals surface area contributed by atoms with Crippen molar-refractivity contribution < 1.29 is 20.1 Å². The van der Waals surface area contributed by atoms with Gasteiger partial charge in [-0.1, -0.05) is 6.08 Å². The molecule has 0 aromatic rings. The molecule has 4 heteroatoms. The average Bonchev–Trinajstić information content (AvgIpc) is 2.30. The number of aliphatic hydroxyl groups is 2. The van der Waals surface area contributed by atoms with Gasteiger partial charge in [-0.3, -0.25) is 0 Å². The molecule has 1 aliphatic carbocycles. The minimum absolute atomic E-state index is 0.331. The van der Waals surface area contributed by atoms with Gasteiger partial charge in [0.2, 0.25) is 0 Å². The molecule has 16 heavy (non-hydrogen) atoms. The summed E-state index contributed by atoms with van der Waals surface area (Å²) in [5.41, 5.74) is 0. The van der Waals surface area contributed by atoms with Crippen LogP contribution in [0.2, 0.25) is 0 Å². The molecule has 0 aromatic heterocycles. The summed E-state index contributed by atoms with van der Waals surface area (Å²) in [4.78, 5) is 9.51. The topological polar surface area (TPSA) is 77.8 Å². The van der Waals surface area contributed by atoms with Crippen molar-refractivity contribution in [2.45, 2.75) is 32.6 Å². The third kappa shape index (κ3) is 7.43. The van der Waals surface area contributed by atoms with E-state index in [1.54, 1.807) is 6.92 Å². The van der Waals surface area contributed by atoms with Crippen molar-refractivity contribution in [1.82, 2.24) is 0 Å². The maximum Gasteiger partial charge on any atom is 0.327 e. The zero-order valence-electron chi connectivity index (χ0n) is 9.80. The second-order valence-electron chi connectivity index (χ2n) is 4.09. The first-order valence-electron chi connectivity index (χ1n) is 5.71. The number of aliphatic hydroxyl groups excluding tert-OH is 2. The third-order valence-corrected chi connectivity index (χ3v) is 2.79. The van der Waals surface area contributed by atoms with Crippen molar-refractivity contribution in [1.29, 1.82) is 0 Å². The molecular weight excluding hydrogens is 208 g/mol. The molecule has 1 saturated carbocycles. The summed E-state index contributed by atoms with van der Waals surface area (Å²) in [6.45, 7) is 2.32. The van der Waals surface area contributed by atoms with E-state index in [0.717, 1.165) is 31.8 Å². The van der Waals surface area contributed by atoms with Gasteiger partial charge in [-0.05, 0) is 44.4 Å². The Bertz CT molecular complexity index is 193. The summed E-state index contributed by atoms with van der Waals surface area (Å²) < 4.78 is 0. The lowest BCUT2D eigenvalue weighted by molar-refractivity contribution is -0.131. The number of hydrogen-bond donors (Lipinski definition) is 3. The van der Waals surface area contributed by atoms with Gasteiger partial charge in [-0.25, -0.2) is 4.79 Å². The predicted octanol–water partition coefficient (Wildman–Crippen LogP) is 1.42. The molecule has 1 aliphatic rings. The van der Waals surface area contributed by atoms with E-state index < -0.39 is 5.97 Å². The Morgan fingerprint density at radius 1 is 1.12 bits per heavy atom. The van der Waals surface area contributed by atoms with Gasteiger partial charge in [0.1, 0.15) is 0 Å². The molecule has 0 amide bonds. The first kappa shape index (κ1) is 15.1. The molecule has 0 heterocycles. The zero-order chi connectivity index (χ0) is 12.4. The Hall–Kier alpha value is -0.870. The van der Waals surface area contributed by atoms with E-state index >= 15 is 0 Å².